The summed E-state index contributed by atoms with van der Waals surface area (Å²) in [5.41, 5.74) is 8.03. The van der Waals surface area contributed by atoms with Gasteiger partial charge in [0, 0.05) is 18.3 Å². The average molecular weight is 291 g/mol. The number of anilines is 3. The number of rotatable bonds is 2. The van der Waals surface area contributed by atoms with Crippen LogP contribution in [0.1, 0.15) is 12.0 Å². The van der Waals surface area contributed by atoms with Crippen molar-refractivity contribution in [2.45, 2.75) is 12.8 Å². The summed E-state index contributed by atoms with van der Waals surface area (Å²) < 4.78 is 5.27. The third kappa shape index (κ3) is 2.36. The van der Waals surface area contributed by atoms with Gasteiger partial charge in [-0.15, -0.1) is 0 Å². The summed E-state index contributed by atoms with van der Waals surface area (Å²) in [6, 6.07) is 7.79. The van der Waals surface area contributed by atoms with E-state index < -0.39 is 0 Å². The molecule has 0 atom stereocenters. The predicted octanol–water partition coefficient (Wildman–Crippen LogP) is 2.81. The van der Waals surface area contributed by atoms with E-state index in [1.165, 1.54) is 5.56 Å². The van der Waals surface area contributed by atoms with E-state index in [1.54, 1.807) is 13.2 Å². The molecule has 0 unspecified atom stereocenters. The Morgan fingerprint density at radius 3 is 2.90 bits per heavy atom. The molecule has 5 nitrogen and oxygen atoms in total. The maximum absolute atomic E-state index is 5.97. The fourth-order valence-electron chi connectivity index (χ4n) is 2.50. The van der Waals surface area contributed by atoms with Gasteiger partial charge < -0.3 is 15.4 Å². The highest BCUT2D eigenvalue weighted by atomic mass is 35.5. The van der Waals surface area contributed by atoms with E-state index in [1.807, 2.05) is 12.1 Å². The van der Waals surface area contributed by atoms with Crippen LogP contribution in [0.5, 0.6) is 5.75 Å². The van der Waals surface area contributed by atoms with E-state index in [4.69, 9.17) is 22.1 Å². The number of fused-ring (bicyclic) bond motifs is 1. The summed E-state index contributed by atoms with van der Waals surface area (Å²) in [5.74, 6) is 1.78. The van der Waals surface area contributed by atoms with Crippen molar-refractivity contribution in [2.75, 3.05) is 24.3 Å². The summed E-state index contributed by atoms with van der Waals surface area (Å²) in [4.78, 5) is 10.3. The van der Waals surface area contributed by atoms with Crippen molar-refractivity contribution in [3.63, 3.8) is 0 Å². The standard InChI is InChI=1S/C14H15ClN4O/c1-20-10-4-5-11-9(7-10)3-2-6-19(11)13-8-12(15)17-14(16)18-13/h4-5,7-8H,2-3,6H2,1H3,(H2,16,17,18). The summed E-state index contributed by atoms with van der Waals surface area (Å²) >= 11 is 5.97. The van der Waals surface area contributed by atoms with Crippen LogP contribution in [0.2, 0.25) is 5.15 Å². The quantitative estimate of drug-likeness (QED) is 0.862. The first-order chi connectivity index (χ1) is 9.67. The monoisotopic (exact) mass is 290 g/mol. The number of ether oxygens (including phenoxy) is 1. The number of nitrogens with zero attached hydrogens (tertiary/aromatic N) is 3. The van der Waals surface area contributed by atoms with Gasteiger partial charge in [0.25, 0.3) is 0 Å². The van der Waals surface area contributed by atoms with Gasteiger partial charge >= 0.3 is 0 Å². The molecule has 6 heteroatoms. The van der Waals surface area contributed by atoms with Crippen LogP contribution in [0, 0.1) is 0 Å². The minimum Gasteiger partial charge on any atom is -0.497 e. The topological polar surface area (TPSA) is 64.3 Å². The molecule has 1 aromatic heterocycles. The van der Waals surface area contributed by atoms with Crippen LogP contribution < -0.4 is 15.4 Å². The van der Waals surface area contributed by atoms with Crippen LogP contribution >= 0.6 is 11.6 Å². The first kappa shape index (κ1) is 13.0. The second kappa shape index (κ2) is 5.17. The molecule has 2 N–H and O–H groups in total. The lowest BCUT2D eigenvalue weighted by molar-refractivity contribution is 0.414. The minimum absolute atomic E-state index is 0.188. The van der Waals surface area contributed by atoms with E-state index in [2.05, 4.69) is 20.9 Å². The van der Waals surface area contributed by atoms with Gasteiger partial charge in [0.2, 0.25) is 5.95 Å². The fourth-order valence-corrected chi connectivity index (χ4v) is 2.68. The zero-order valence-corrected chi connectivity index (χ0v) is 11.9. The van der Waals surface area contributed by atoms with Gasteiger partial charge in [-0.25, -0.2) is 4.98 Å². The van der Waals surface area contributed by atoms with Crippen LogP contribution in [0.3, 0.4) is 0 Å². The van der Waals surface area contributed by atoms with Crippen molar-refractivity contribution in [1.29, 1.82) is 0 Å². The van der Waals surface area contributed by atoms with E-state index >= 15 is 0 Å². The largest absolute Gasteiger partial charge is 0.497 e. The van der Waals surface area contributed by atoms with Crippen LogP contribution in [0.25, 0.3) is 0 Å². The van der Waals surface area contributed by atoms with Gasteiger partial charge in [0.15, 0.2) is 0 Å². The average Bonchev–Trinajstić information content (AvgIpc) is 2.45. The normalized spacial score (nSPS) is 14.0. The van der Waals surface area contributed by atoms with Crippen LogP contribution in [-0.2, 0) is 6.42 Å². The lowest BCUT2D eigenvalue weighted by Gasteiger charge is -2.30. The maximum Gasteiger partial charge on any atom is 0.223 e. The Hall–Kier alpha value is -2.01. The van der Waals surface area contributed by atoms with Crippen molar-refractivity contribution in [2.24, 2.45) is 0 Å². The zero-order chi connectivity index (χ0) is 14.1. The smallest absolute Gasteiger partial charge is 0.223 e. The van der Waals surface area contributed by atoms with Crippen molar-refractivity contribution >= 4 is 29.1 Å². The molecule has 0 aliphatic carbocycles. The molecular weight excluding hydrogens is 276 g/mol. The van der Waals surface area contributed by atoms with Gasteiger partial charge in [-0.1, -0.05) is 11.6 Å². The molecule has 3 rings (SSSR count). The molecule has 2 heterocycles. The molecule has 2 aromatic rings. The first-order valence-corrected chi connectivity index (χ1v) is 6.79. The number of aryl methyl sites for hydroxylation is 1. The number of methoxy groups -OCH3 is 1. The molecular formula is C14H15ClN4O. The minimum atomic E-state index is 0.188. The highest BCUT2D eigenvalue weighted by Gasteiger charge is 2.20. The summed E-state index contributed by atoms with van der Waals surface area (Å²) in [6.45, 7) is 0.881. The van der Waals surface area contributed by atoms with Crippen molar-refractivity contribution in [3.05, 3.63) is 35.0 Å². The third-order valence-corrected chi connectivity index (χ3v) is 3.57. The van der Waals surface area contributed by atoms with E-state index in [0.29, 0.717) is 5.15 Å². The third-order valence-electron chi connectivity index (χ3n) is 3.38. The van der Waals surface area contributed by atoms with E-state index in [9.17, 15) is 0 Å². The number of nitrogen functional groups attached to an aromatic ring is 1. The highest BCUT2D eigenvalue weighted by Crippen LogP contribution is 2.35. The first-order valence-electron chi connectivity index (χ1n) is 6.42. The Bertz CT molecular complexity index is 627. The Kier molecular flexibility index (Phi) is 3.36. The van der Waals surface area contributed by atoms with Gasteiger partial charge in [0.05, 0.1) is 7.11 Å². The summed E-state index contributed by atoms with van der Waals surface area (Å²) in [7, 11) is 1.67. The molecule has 1 aliphatic rings. The van der Waals surface area contributed by atoms with Crippen molar-refractivity contribution in [1.82, 2.24) is 9.97 Å². The van der Waals surface area contributed by atoms with Gasteiger partial charge in [0.1, 0.15) is 16.7 Å². The molecule has 1 aromatic carbocycles. The molecule has 0 radical (unpaired) electrons. The Morgan fingerprint density at radius 1 is 1.30 bits per heavy atom. The molecule has 104 valence electrons. The number of hydrogen-bond acceptors (Lipinski definition) is 5. The van der Waals surface area contributed by atoms with Gasteiger partial charge in [-0.3, -0.25) is 0 Å². The SMILES string of the molecule is COc1ccc2c(c1)CCCN2c1cc(Cl)nc(N)n1. The zero-order valence-electron chi connectivity index (χ0n) is 11.1. The number of nitrogens with two attached hydrogens (primary N) is 1. The maximum atomic E-state index is 5.97. The predicted molar refractivity (Wildman–Crippen MR) is 79.8 cm³/mol. The molecule has 0 amide bonds. The number of halogens is 1. The second-order valence-corrected chi connectivity index (χ2v) is 5.04. The number of hydrogen-bond donors (Lipinski definition) is 1. The molecule has 0 bridgehead atoms. The molecule has 0 fully saturated rings. The number of aromatic nitrogens is 2. The van der Waals surface area contributed by atoms with Gasteiger partial charge in [-0.2, -0.15) is 4.98 Å². The highest BCUT2D eigenvalue weighted by molar-refractivity contribution is 6.29. The van der Waals surface area contributed by atoms with Crippen LogP contribution in [0.4, 0.5) is 17.5 Å². The van der Waals surface area contributed by atoms with Crippen LogP contribution in [0.15, 0.2) is 24.3 Å². The number of benzene rings is 1. The molecule has 20 heavy (non-hydrogen) atoms. The molecule has 0 saturated carbocycles. The van der Waals surface area contributed by atoms with Crippen LogP contribution in [-0.4, -0.2) is 23.6 Å². The van der Waals surface area contributed by atoms with Gasteiger partial charge in [-0.05, 0) is 36.6 Å². The lowest BCUT2D eigenvalue weighted by Crippen LogP contribution is -2.25. The van der Waals surface area contributed by atoms with Crippen molar-refractivity contribution in [3.8, 4) is 5.75 Å². The van der Waals surface area contributed by atoms with E-state index in [-0.39, 0.29) is 5.95 Å². The Morgan fingerprint density at radius 2 is 2.15 bits per heavy atom. The fraction of sp³-hybridized carbons (Fsp3) is 0.286. The van der Waals surface area contributed by atoms with E-state index in [0.717, 1.165) is 36.6 Å². The van der Waals surface area contributed by atoms with Crippen molar-refractivity contribution < 1.29 is 4.74 Å². The second-order valence-electron chi connectivity index (χ2n) is 4.66. The summed E-state index contributed by atoms with van der Waals surface area (Å²) in [6.07, 6.45) is 2.07. The summed E-state index contributed by atoms with van der Waals surface area (Å²) in [5, 5.41) is 0.355. The lowest BCUT2D eigenvalue weighted by atomic mass is 10.0. The molecule has 0 saturated heterocycles. The Balaban J connectivity index is 2.05. The Labute approximate surface area is 122 Å². The molecule has 1 aliphatic heterocycles. The molecule has 0 spiro atoms.